The summed E-state index contributed by atoms with van der Waals surface area (Å²) >= 11 is 2.84. The summed E-state index contributed by atoms with van der Waals surface area (Å²) in [5.41, 5.74) is -0.515. The molecule has 2 aromatic carbocycles. The SMILES string of the molecule is COc1ccc(S(=O)(=O)Nc2ccc(Br)c(C(F)(F)F)c2)cc1N1CCN(C)CC1.Cl. The number of halogens is 5. The van der Waals surface area contributed by atoms with Crippen LogP contribution in [0, 0.1) is 0 Å². The van der Waals surface area contributed by atoms with E-state index in [4.69, 9.17) is 4.74 Å². The molecule has 1 aliphatic rings. The third-order valence-electron chi connectivity index (χ3n) is 4.83. The van der Waals surface area contributed by atoms with Crippen LogP contribution >= 0.6 is 28.3 Å². The lowest BCUT2D eigenvalue weighted by Crippen LogP contribution is -2.44. The van der Waals surface area contributed by atoms with Gasteiger partial charge < -0.3 is 14.5 Å². The maximum absolute atomic E-state index is 13.1. The van der Waals surface area contributed by atoms with Gasteiger partial charge in [-0.2, -0.15) is 13.2 Å². The van der Waals surface area contributed by atoms with E-state index in [-0.39, 0.29) is 27.5 Å². The monoisotopic (exact) mass is 543 g/mol. The van der Waals surface area contributed by atoms with Gasteiger partial charge in [0.25, 0.3) is 10.0 Å². The molecule has 0 atom stereocenters. The molecule has 172 valence electrons. The molecule has 12 heteroatoms. The maximum atomic E-state index is 13.1. The molecule has 0 unspecified atom stereocenters. The van der Waals surface area contributed by atoms with Gasteiger partial charge in [-0.25, -0.2) is 8.42 Å². The summed E-state index contributed by atoms with van der Waals surface area (Å²) in [4.78, 5) is 4.13. The summed E-state index contributed by atoms with van der Waals surface area (Å²) in [6, 6.07) is 7.57. The largest absolute Gasteiger partial charge is 0.495 e. The van der Waals surface area contributed by atoms with E-state index in [1.165, 1.54) is 25.3 Å². The number of alkyl halides is 3. The van der Waals surface area contributed by atoms with Crippen LogP contribution in [0.5, 0.6) is 5.75 Å². The number of likely N-dealkylation sites (N-methyl/N-ethyl adjacent to an activating group) is 1. The zero-order valence-corrected chi connectivity index (χ0v) is 20.0. The van der Waals surface area contributed by atoms with Crippen LogP contribution in [0.2, 0.25) is 0 Å². The Hall–Kier alpha value is -1.69. The lowest BCUT2D eigenvalue weighted by atomic mass is 10.2. The maximum Gasteiger partial charge on any atom is 0.417 e. The molecule has 0 radical (unpaired) electrons. The third-order valence-corrected chi connectivity index (χ3v) is 6.90. The van der Waals surface area contributed by atoms with Gasteiger partial charge in [0.2, 0.25) is 0 Å². The first-order chi connectivity index (χ1) is 14.0. The van der Waals surface area contributed by atoms with E-state index < -0.39 is 21.8 Å². The normalized spacial score (nSPS) is 15.4. The smallest absolute Gasteiger partial charge is 0.417 e. The van der Waals surface area contributed by atoms with Crippen LogP contribution in [-0.4, -0.2) is 53.7 Å². The molecular formula is C19H22BrClF3N3O3S. The van der Waals surface area contributed by atoms with Crippen molar-refractivity contribution in [3.8, 4) is 5.75 Å². The first-order valence-corrected chi connectivity index (χ1v) is 11.3. The molecule has 0 aliphatic carbocycles. The number of rotatable bonds is 5. The highest BCUT2D eigenvalue weighted by atomic mass is 79.9. The summed E-state index contributed by atoms with van der Waals surface area (Å²) < 4.78 is 72.5. The molecule has 0 saturated carbocycles. The number of piperazine rings is 1. The number of hydrogen-bond donors (Lipinski definition) is 1. The third kappa shape index (κ3) is 5.97. The highest BCUT2D eigenvalue weighted by Gasteiger charge is 2.33. The second-order valence-electron chi connectivity index (χ2n) is 6.92. The topological polar surface area (TPSA) is 61.9 Å². The zero-order chi connectivity index (χ0) is 22.1. The number of ether oxygens (including phenoxy) is 1. The predicted octanol–water partition coefficient (Wildman–Crippen LogP) is 4.45. The number of sulfonamides is 1. The average Bonchev–Trinajstić information content (AvgIpc) is 2.68. The zero-order valence-electron chi connectivity index (χ0n) is 16.7. The van der Waals surface area contributed by atoms with Gasteiger partial charge in [0.05, 0.1) is 23.3 Å². The van der Waals surface area contributed by atoms with Crippen molar-refractivity contribution < 1.29 is 26.3 Å². The van der Waals surface area contributed by atoms with Gasteiger partial charge in [-0.05, 0) is 43.4 Å². The molecule has 0 aromatic heterocycles. The Morgan fingerprint density at radius 1 is 1.06 bits per heavy atom. The highest BCUT2D eigenvalue weighted by molar-refractivity contribution is 9.10. The number of hydrogen-bond acceptors (Lipinski definition) is 5. The Morgan fingerprint density at radius 3 is 2.29 bits per heavy atom. The molecule has 2 aromatic rings. The quantitative estimate of drug-likeness (QED) is 0.603. The molecule has 31 heavy (non-hydrogen) atoms. The Labute approximate surface area is 193 Å². The van der Waals surface area contributed by atoms with E-state index in [1.54, 1.807) is 6.07 Å². The Bertz CT molecular complexity index is 1030. The second-order valence-corrected chi connectivity index (χ2v) is 9.46. The minimum atomic E-state index is -4.62. The first-order valence-electron chi connectivity index (χ1n) is 9.02. The van der Waals surface area contributed by atoms with Gasteiger partial charge in [-0.3, -0.25) is 4.72 Å². The lowest BCUT2D eigenvalue weighted by Gasteiger charge is -2.34. The summed E-state index contributed by atoms with van der Waals surface area (Å²) in [5.74, 6) is 0.529. The Balaban J connectivity index is 0.00000341. The Morgan fingerprint density at radius 2 is 1.71 bits per heavy atom. The summed E-state index contributed by atoms with van der Waals surface area (Å²) in [7, 11) is -0.602. The molecule has 1 aliphatic heterocycles. The van der Waals surface area contributed by atoms with Gasteiger partial charge in [-0.15, -0.1) is 12.4 Å². The molecule has 0 bridgehead atoms. The molecule has 3 rings (SSSR count). The molecule has 6 nitrogen and oxygen atoms in total. The van der Waals surface area contributed by atoms with Crippen molar-refractivity contribution >= 4 is 49.7 Å². The van der Waals surface area contributed by atoms with E-state index in [2.05, 4.69) is 25.6 Å². The summed E-state index contributed by atoms with van der Waals surface area (Å²) in [6.45, 7) is 3.03. The van der Waals surface area contributed by atoms with Crippen molar-refractivity contribution in [3.63, 3.8) is 0 Å². The van der Waals surface area contributed by atoms with Gasteiger partial charge in [0, 0.05) is 36.3 Å². The van der Waals surface area contributed by atoms with Gasteiger partial charge in [0.15, 0.2) is 0 Å². The number of nitrogens with zero attached hydrogens (tertiary/aromatic N) is 2. The van der Waals surface area contributed by atoms with Crippen molar-refractivity contribution in [2.45, 2.75) is 11.1 Å². The van der Waals surface area contributed by atoms with Crippen molar-refractivity contribution in [1.29, 1.82) is 0 Å². The van der Waals surface area contributed by atoms with Gasteiger partial charge in [0.1, 0.15) is 5.75 Å². The fraction of sp³-hybridized carbons (Fsp3) is 0.368. The van der Waals surface area contributed by atoms with Crippen LogP contribution in [0.15, 0.2) is 45.8 Å². The van der Waals surface area contributed by atoms with E-state index in [0.29, 0.717) is 24.5 Å². The van der Waals surface area contributed by atoms with E-state index in [9.17, 15) is 21.6 Å². The fourth-order valence-electron chi connectivity index (χ4n) is 3.15. The summed E-state index contributed by atoms with van der Waals surface area (Å²) in [6.07, 6.45) is -4.62. The van der Waals surface area contributed by atoms with Gasteiger partial charge in [-0.1, -0.05) is 15.9 Å². The molecular weight excluding hydrogens is 523 g/mol. The van der Waals surface area contributed by atoms with Crippen molar-refractivity contribution in [2.24, 2.45) is 0 Å². The highest BCUT2D eigenvalue weighted by Crippen LogP contribution is 2.37. The van der Waals surface area contributed by atoms with Crippen molar-refractivity contribution in [3.05, 3.63) is 46.4 Å². The summed E-state index contributed by atoms with van der Waals surface area (Å²) in [5, 5.41) is 0. The van der Waals surface area contributed by atoms with Crippen LogP contribution in [0.3, 0.4) is 0 Å². The molecule has 0 spiro atoms. The lowest BCUT2D eigenvalue weighted by molar-refractivity contribution is -0.138. The first kappa shape index (κ1) is 25.6. The molecule has 1 heterocycles. The number of benzene rings is 2. The van der Waals surface area contributed by atoms with Crippen molar-refractivity contribution in [2.75, 3.05) is 50.0 Å². The second kappa shape index (κ2) is 9.85. The van der Waals surface area contributed by atoms with E-state index in [1.807, 2.05) is 11.9 Å². The van der Waals surface area contributed by atoms with Crippen molar-refractivity contribution in [1.82, 2.24) is 4.90 Å². The van der Waals surface area contributed by atoms with Crippen LogP contribution in [0.25, 0.3) is 0 Å². The Kier molecular flexibility index (Phi) is 8.12. The van der Waals surface area contributed by atoms with Crippen LogP contribution < -0.4 is 14.4 Å². The van der Waals surface area contributed by atoms with Crippen LogP contribution in [-0.2, 0) is 16.2 Å². The minimum absolute atomic E-state index is 0. The molecule has 0 amide bonds. The van der Waals surface area contributed by atoms with E-state index in [0.717, 1.165) is 25.2 Å². The number of nitrogens with one attached hydrogen (secondary N) is 1. The molecule has 1 saturated heterocycles. The molecule has 1 fully saturated rings. The van der Waals surface area contributed by atoms with Crippen LogP contribution in [0.4, 0.5) is 24.5 Å². The van der Waals surface area contributed by atoms with Gasteiger partial charge >= 0.3 is 6.18 Å². The fourth-order valence-corrected chi connectivity index (χ4v) is 4.69. The van der Waals surface area contributed by atoms with E-state index >= 15 is 0 Å². The predicted molar refractivity (Wildman–Crippen MR) is 120 cm³/mol. The van der Waals surface area contributed by atoms with Crippen LogP contribution in [0.1, 0.15) is 5.56 Å². The number of anilines is 2. The number of methoxy groups -OCH3 is 1. The average molecular weight is 545 g/mol. The standard InChI is InChI=1S/C19H21BrF3N3O3S.ClH/c1-25-7-9-26(10-8-25)17-12-14(4-6-18(17)29-2)30(27,28)24-13-3-5-16(20)15(11-13)19(21,22)23;/h3-6,11-12,24H,7-10H2,1-2H3;1H. The minimum Gasteiger partial charge on any atom is -0.495 e. The molecule has 1 N–H and O–H groups in total.